The Kier molecular flexibility index (Phi) is 7.32. The zero-order valence-corrected chi connectivity index (χ0v) is 19.2. The minimum Gasteiger partial charge on any atom is -0.497 e. The lowest BCUT2D eigenvalue weighted by molar-refractivity contribution is 0.0942. The highest BCUT2D eigenvalue weighted by Gasteiger charge is 2.19. The summed E-state index contributed by atoms with van der Waals surface area (Å²) in [5.74, 6) is 0.296. The molecule has 0 radical (unpaired) electrons. The normalized spacial score (nSPS) is 12.4. The first-order valence-corrected chi connectivity index (χ1v) is 11.9. The van der Waals surface area contributed by atoms with Crippen LogP contribution in [0.15, 0.2) is 70.9 Å². The van der Waals surface area contributed by atoms with E-state index in [9.17, 15) is 13.2 Å². The van der Waals surface area contributed by atoms with Crippen molar-refractivity contribution in [2.45, 2.75) is 10.9 Å². The number of anilines is 1. The molecule has 164 valence electrons. The highest BCUT2D eigenvalue weighted by molar-refractivity contribution is 7.92. The van der Waals surface area contributed by atoms with Crippen LogP contribution in [0.4, 0.5) is 5.69 Å². The van der Waals surface area contributed by atoms with Crippen LogP contribution in [0, 0.1) is 0 Å². The Labute approximate surface area is 186 Å². The molecule has 0 saturated carbocycles. The van der Waals surface area contributed by atoms with Gasteiger partial charge in [0.25, 0.3) is 15.9 Å². The predicted octanol–water partition coefficient (Wildman–Crippen LogP) is 3.59. The van der Waals surface area contributed by atoms with E-state index in [1.165, 1.54) is 19.2 Å². The molecular weight excluding hydrogens is 434 g/mol. The van der Waals surface area contributed by atoms with Crippen molar-refractivity contribution < 1.29 is 17.9 Å². The van der Waals surface area contributed by atoms with Crippen molar-refractivity contribution in [2.24, 2.45) is 0 Å². The Morgan fingerprint density at radius 3 is 2.45 bits per heavy atom. The molecule has 1 aromatic heterocycles. The fraction of sp³-hybridized carbons (Fsp3) is 0.227. The third-order valence-electron chi connectivity index (χ3n) is 4.70. The van der Waals surface area contributed by atoms with Crippen LogP contribution in [0.5, 0.6) is 5.75 Å². The molecule has 9 heteroatoms. The first-order valence-electron chi connectivity index (χ1n) is 9.55. The number of nitrogens with zero attached hydrogens (tertiary/aromatic N) is 1. The summed E-state index contributed by atoms with van der Waals surface area (Å²) in [6, 6.07) is 16.6. The van der Waals surface area contributed by atoms with Gasteiger partial charge >= 0.3 is 0 Å². The Hall–Kier alpha value is -2.88. The molecule has 1 amide bonds. The Balaban J connectivity index is 1.71. The van der Waals surface area contributed by atoms with E-state index >= 15 is 0 Å². The number of likely N-dealkylation sites (N-methyl/N-ethyl adjacent to an activating group) is 1. The molecule has 3 aromatic rings. The van der Waals surface area contributed by atoms with Crippen molar-refractivity contribution in [1.82, 2.24) is 10.2 Å². The molecule has 0 aliphatic heterocycles. The van der Waals surface area contributed by atoms with E-state index in [4.69, 9.17) is 4.74 Å². The van der Waals surface area contributed by atoms with Gasteiger partial charge in [0.05, 0.1) is 18.0 Å². The lowest BCUT2D eigenvalue weighted by atomic mass is 10.2. The Bertz CT molecular complexity index is 1110. The van der Waals surface area contributed by atoms with Gasteiger partial charge in [0, 0.05) is 22.7 Å². The smallest absolute Gasteiger partial charge is 0.261 e. The highest BCUT2D eigenvalue weighted by atomic mass is 32.2. The summed E-state index contributed by atoms with van der Waals surface area (Å²) in [5.41, 5.74) is 0.682. The number of rotatable bonds is 9. The van der Waals surface area contributed by atoms with Crippen LogP contribution in [0.25, 0.3) is 0 Å². The van der Waals surface area contributed by atoms with Crippen LogP contribution < -0.4 is 14.8 Å². The van der Waals surface area contributed by atoms with Gasteiger partial charge in [0.15, 0.2) is 0 Å². The molecule has 2 aromatic carbocycles. The molecule has 0 aliphatic carbocycles. The fourth-order valence-electron chi connectivity index (χ4n) is 2.99. The number of hydrogen-bond acceptors (Lipinski definition) is 6. The molecular formula is C22H25N3O4S2. The molecule has 31 heavy (non-hydrogen) atoms. The maximum absolute atomic E-state index is 12.8. The van der Waals surface area contributed by atoms with Gasteiger partial charge in [-0.05, 0) is 68.0 Å². The molecule has 2 N–H and O–H groups in total. The van der Waals surface area contributed by atoms with Gasteiger partial charge in [-0.2, -0.15) is 0 Å². The zero-order valence-electron chi connectivity index (χ0n) is 17.5. The number of sulfonamides is 1. The molecule has 7 nitrogen and oxygen atoms in total. The minimum atomic E-state index is -3.85. The van der Waals surface area contributed by atoms with Crippen LogP contribution in [0.1, 0.15) is 21.3 Å². The molecule has 0 bridgehead atoms. The summed E-state index contributed by atoms with van der Waals surface area (Å²) in [5, 5.41) is 4.90. The number of benzene rings is 2. The number of amides is 1. The number of methoxy groups -OCH3 is 1. The lowest BCUT2D eigenvalue weighted by Gasteiger charge is -2.23. The molecule has 0 saturated heterocycles. The van der Waals surface area contributed by atoms with Gasteiger partial charge in [-0.25, -0.2) is 8.42 Å². The fourth-order valence-corrected chi connectivity index (χ4v) is 5.01. The first-order chi connectivity index (χ1) is 14.8. The van der Waals surface area contributed by atoms with Gasteiger partial charge in [-0.3, -0.25) is 9.52 Å². The molecule has 1 unspecified atom stereocenters. The van der Waals surface area contributed by atoms with Gasteiger partial charge < -0.3 is 15.0 Å². The number of carbonyl (C=O) groups excluding carboxylic acids is 1. The molecule has 1 heterocycles. The third kappa shape index (κ3) is 5.84. The van der Waals surface area contributed by atoms with Gasteiger partial charge in [-0.15, -0.1) is 11.3 Å². The molecule has 0 fully saturated rings. The summed E-state index contributed by atoms with van der Waals surface area (Å²) < 4.78 is 33.1. The highest BCUT2D eigenvalue weighted by Crippen LogP contribution is 2.23. The van der Waals surface area contributed by atoms with E-state index in [2.05, 4.69) is 10.0 Å². The van der Waals surface area contributed by atoms with Gasteiger partial charge in [-0.1, -0.05) is 12.1 Å². The predicted molar refractivity (Wildman–Crippen MR) is 123 cm³/mol. The molecule has 0 aliphatic rings. The number of nitrogens with one attached hydrogen (secondary N) is 2. The third-order valence-corrected chi connectivity index (χ3v) is 7.05. The van der Waals surface area contributed by atoms with Crippen molar-refractivity contribution in [3.8, 4) is 5.75 Å². The monoisotopic (exact) mass is 459 g/mol. The minimum absolute atomic E-state index is 0.0124. The second-order valence-electron chi connectivity index (χ2n) is 7.07. The molecule has 1 atom stereocenters. The first kappa shape index (κ1) is 22.8. The van der Waals surface area contributed by atoms with Gasteiger partial charge in [0.2, 0.25) is 0 Å². The van der Waals surface area contributed by atoms with Crippen LogP contribution in [0.3, 0.4) is 0 Å². The summed E-state index contributed by atoms with van der Waals surface area (Å²) in [6.45, 7) is 0.410. The van der Waals surface area contributed by atoms with Crippen molar-refractivity contribution in [1.29, 1.82) is 0 Å². The second-order valence-corrected chi connectivity index (χ2v) is 9.73. The second kappa shape index (κ2) is 9.95. The molecule has 0 spiro atoms. The maximum Gasteiger partial charge on any atom is 0.261 e. The van der Waals surface area contributed by atoms with E-state index in [0.29, 0.717) is 18.0 Å². The van der Waals surface area contributed by atoms with Crippen molar-refractivity contribution in [2.75, 3.05) is 32.5 Å². The van der Waals surface area contributed by atoms with Crippen LogP contribution in [0.2, 0.25) is 0 Å². The van der Waals surface area contributed by atoms with Crippen molar-refractivity contribution in [3.63, 3.8) is 0 Å². The maximum atomic E-state index is 12.8. The van der Waals surface area contributed by atoms with E-state index in [0.717, 1.165) is 4.88 Å². The summed E-state index contributed by atoms with van der Waals surface area (Å²) in [4.78, 5) is 15.9. The van der Waals surface area contributed by atoms with Gasteiger partial charge in [0.1, 0.15) is 5.75 Å². The quantitative estimate of drug-likeness (QED) is 0.511. The summed E-state index contributed by atoms with van der Waals surface area (Å²) in [7, 11) is 1.60. The van der Waals surface area contributed by atoms with Crippen LogP contribution in [-0.4, -0.2) is 47.0 Å². The Morgan fingerprint density at radius 1 is 1.10 bits per heavy atom. The van der Waals surface area contributed by atoms with Crippen LogP contribution >= 0.6 is 11.3 Å². The zero-order chi connectivity index (χ0) is 22.4. The Morgan fingerprint density at radius 2 is 1.84 bits per heavy atom. The van der Waals surface area contributed by atoms with E-state index in [1.54, 1.807) is 47.7 Å². The topological polar surface area (TPSA) is 87.7 Å². The lowest BCUT2D eigenvalue weighted by Crippen LogP contribution is -2.34. The average Bonchev–Trinajstić information content (AvgIpc) is 3.28. The average molecular weight is 460 g/mol. The van der Waals surface area contributed by atoms with Crippen LogP contribution in [-0.2, 0) is 10.0 Å². The number of carbonyl (C=O) groups is 1. The standard InChI is InChI=1S/C22H25N3O4S2/c1-25(2)20(21-8-5-13-30-21)15-23-22(26)16-6-4-7-19(14-16)31(27,28)24-17-9-11-18(29-3)12-10-17/h4-14,20,24H,15H2,1-3H3,(H,23,26). The van der Waals surface area contributed by atoms with E-state index in [-0.39, 0.29) is 22.4 Å². The van der Waals surface area contributed by atoms with E-state index in [1.807, 2.05) is 36.5 Å². The van der Waals surface area contributed by atoms with Crippen molar-refractivity contribution in [3.05, 3.63) is 76.5 Å². The molecule has 3 rings (SSSR count). The number of thiophene rings is 1. The largest absolute Gasteiger partial charge is 0.497 e. The SMILES string of the molecule is COc1ccc(NS(=O)(=O)c2cccc(C(=O)NCC(c3cccs3)N(C)C)c2)cc1. The van der Waals surface area contributed by atoms with E-state index < -0.39 is 10.0 Å². The number of ether oxygens (including phenoxy) is 1. The summed E-state index contributed by atoms with van der Waals surface area (Å²) in [6.07, 6.45) is 0. The van der Waals surface area contributed by atoms with Crippen molar-refractivity contribution >= 4 is 33.0 Å². The summed E-state index contributed by atoms with van der Waals surface area (Å²) >= 11 is 1.63. The number of hydrogen-bond donors (Lipinski definition) is 2.